The molecule has 7 rings (SSSR count). The Morgan fingerprint density at radius 1 is 1.29 bits per heavy atom. The SMILES string of the molecule is COCCNC(=O)c1ccn(-c2cc(O[C@@H](C)[C@@H]3[C@@H](OC)CCN3C)nc(-c3noc4c3CCC[C@@]43CCCc4sc(N)c(C#N)c43)n2)n1. The van der Waals surface area contributed by atoms with Crippen molar-refractivity contribution in [3.63, 3.8) is 0 Å². The zero-order chi connectivity index (χ0) is 34.3. The second-order valence-electron chi connectivity index (χ2n) is 13.0. The number of likely N-dealkylation sites (tertiary alicyclic amines) is 1. The standard InChI is InChI=1S/C34H41N9O5S/c1-19(29-23(46-4)10-14-42(29)2)47-26-17-25(43-15-9-22(40-43)33(44)37-13-16-45-3)38-32(39-26)28-20-7-5-11-34(30(20)48-41-28)12-6-8-24-27(34)21(18-35)31(36)49-24/h9,15,17,19,23,29H,5-8,10-14,16,36H2,1-4H3,(H,37,44)/t19-,23-,29+,34-/m0/s1. The first-order valence-corrected chi connectivity index (χ1v) is 17.5. The van der Waals surface area contributed by atoms with E-state index in [0.29, 0.717) is 46.9 Å². The minimum Gasteiger partial charge on any atom is -0.473 e. The lowest BCUT2D eigenvalue weighted by Crippen LogP contribution is -2.44. The second-order valence-corrected chi connectivity index (χ2v) is 14.2. The molecular formula is C34H41N9O5S. The average Bonchev–Trinajstić information content (AvgIpc) is 3.90. The summed E-state index contributed by atoms with van der Waals surface area (Å²) in [5, 5.41) is 22.6. The van der Waals surface area contributed by atoms with Crippen molar-refractivity contribution in [2.24, 2.45) is 0 Å². The number of hydrogen-bond donors (Lipinski definition) is 2. The number of aryl methyl sites for hydroxylation is 1. The van der Waals surface area contributed by atoms with Crippen LogP contribution in [-0.2, 0) is 27.7 Å². The summed E-state index contributed by atoms with van der Waals surface area (Å²) < 4.78 is 25.1. The molecule has 4 atom stereocenters. The highest BCUT2D eigenvalue weighted by atomic mass is 32.1. The largest absolute Gasteiger partial charge is 0.473 e. The molecule has 2 aliphatic carbocycles. The Bertz CT molecular complexity index is 1890. The number of nitrogens with two attached hydrogens (primary N) is 1. The van der Waals surface area contributed by atoms with Gasteiger partial charge in [-0.2, -0.15) is 15.3 Å². The van der Waals surface area contributed by atoms with Crippen LogP contribution in [-0.4, -0.2) is 94.9 Å². The zero-order valence-corrected chi connectivity index (χ0v) is 29.0. The van der Waals surface area contributed by atoms with Crippen LogP contribution in [0.15, 0.2) is 22.9 Å². The minimum absolute atomic E-state index is 0.0199. The molecule has 0 radical (unpaired) electrons. The van der Waals surface area contributed by atoms with Crippen LogP contribution in [0.1, 0.15) is 76.8 Å². The lowest BCUT2D eigenvalue weighted by molar-refractivity contribution is 0.0174. The Morgan fingerprint density at radius 3 is 2.88 bits per heavy atom. The summed E-state index contributed by atoms with van der Waals surface area (Å²) in [7, 11) is 5.37. The molecule has 3 N–H and O–H groups in total. The number of nitriles is 1. The molecule has 1 aliphatic heterocycles. The fraction of sp³-hybridized carbons (Fsp3) is 0.529. The van der Waals surface area contributed by atoms with E-state index in [1.807, 2.05) is 6.92 Å². The number of nitrogens with zero attached hydrogens (tertiary/aromatic N) is 7. The molecule has 15 heteroatoms. The number of nitrogens with one attached hydrogen (secondary N) is 1. The molecule has 1 saturated heterocycles. The summed E-state index contributed by atoms with van der Waals surface area (Å²) in [6, 6.07) is 5.74. The van der Waals surface area contributed by atoms with Gasteiger partial charge in [-0.05, 0) is 70.5 Å². The van der Waals surface area contributed by atoms with Crippen LogP contribution >= 0.6 is 11.3 Å². The van der Waals surface area contributed by atoms with Crippen molar-refractivity contribution in [1.29, 1.82) is 5.26 Å². The third-order valence-electron chi connectivity index (χ3n) is 10.2. The van der Waals surface area contributed by atoms with Crippen molar-refractivity contribution in [3.8, 4) is 29.3 Å². The number of amides is 1. The number of methoxy groups -OCH3 is 2. The lowest BCUT2D eigenvalue weighted by Gasteiger charge is -2.39. The number of hydrogen-bond acceptors (Lipinski definition) is 13. The van der Waals surface area contributed by atoms with Gasteiger partial charge in [0.15, 0.2) is 28.8 Å². The first-order valence-electron chi connectivity index (χ1n) is 16.7. The van der Waals surface area contributed by atoms with Gasteiger partial charge in [0.25, 0.3) is 5.91 Å². The highest BCUT2D eigenvalue weighted by Gasteiger charge is 2.49. The van der Waals surface area contributed by atoms with E-state index in [4.69, 9.17) is 34.4 Å². The molecule has 49 heavy (non-hydrogen) atoms. The molecule has 4 aromatic rings. The van der Waals surface area contributed by atoms with Crippen LogP contribution in [0.3, 0.4) is 0 Å². The van der Waals surface area contributed by atoms with Gasteiger partial charge >= 0.3 is 0 Å². The third kappa shape index (κ3) is 5.86. The van der Waals surface area contributed by atoms with Gasteiger partial charge in [0.05, 0.1) is 29.7 Å². The summed E-state index contributed by atoms with van der Waals surface area (Å²) in [4.78, 5) is 25.9. The van der Waals surface area contributed by atoms with Crippen LogP contribution in [0.25, 0.3) is 17.3 Å². The maximum atomic E-state index is 12.7. The van der Waals surface area contributed by atoms with Crippen LogP contribution in [0.5, 0.6) is 5.88 Å². The maximum absolute atomic E-state index is 12.7. The first kappa shape index (κ1) is 33.2. The number of carbonyl (C=O) groups excluding carboxylic acids is 1. The predicted octanol–water partition coefficient (Wildman–Crippen LogP) is 3.65. The van der Waals surface area contributed by atoms with Crippen molar-refractivity contribution in [2.75, 3.05) is 46.7 Å². The third-order valence-corrected chi connectivity index (χ3v) is 11.2. The van der Waals surface area contributed by atoms with Gasteiger partial charge in [-0.25, -0.2) is 9.67 Å². The summed E-state index contributed by atoms with van der Waals surface area (Å²) in [6.07, 6.45) is 7.50. The molecule has 14 nitrogen and oxygen atoms in total. The van der Waals surface area contributed by atoms with Gasteiger partial charge < -0.3 is 29.8 Å². The smallest absolute Gasteiger partial charge is 0.271 e. The van der Waals surface area contributed by atoms with Crippen molar-refractivity contribution < 1.29 is 23.5 Å². The van der Waals surface area contributed by atoms with E-state index in [1.165, 1.54) is 16.0 Å². The fourth-order valence-electron chi connectivity index (χ4n) is 7.96. The Kier molecular flexibility index (Phi) is 9.14. The molecule has 0 unspecified atom stereocenters. The topological polar surface area (TPSA) is 179 Å². The monoisotopic (exact) mass is 687 g/mol. The molecule has 0 bridgehead atoms. The van der Waals surface area contributed by atoms with Crippen LogP contribution in [0.2, 0.25) is 0 Å². The number of nitrogen functional groups attached to an aromatic ring is 1. The first-order chi connectivity index (χ1) is 23.8. The summed E-state index contributed by atoms with van der Waals surface area (Å²) >= 11 is 1.51. The molecule has 0 aromatic carbocycles. The van der Waals surface area contributed by atoms with E-state index < -0.39 is 5.41 Å². The fourth-order valence-corrected chi connectivity index (χ4v) is 9.12. The number of ether oxygens (including phenoxy) is 3. The number of rotatable bonds is 10. The van der Waals surface area contributed by atoms with Crippen molar-refractivity contribution in [1.82, 2.24) is 35.1 Å². The summed E-state index contributed by atoms with van der Waals surface area (Å²) in [5.74, 6) is 1.51. The highest BCUT2D eigenvalue weighted by molar-refractivity contribution is 7.16. The van der Waals surface area contributed by atoms with E-state index in [1.54, 1.807) is 32.5 Å². The van der Waals surface area contributed by atoms with E-state index in [2.05, 4.69) is 33.6 Å². The zero-order valence-electron chi connectivity index (χ0n) is 28.2. The summed E-state index contributed by atoms with van der Waals surface area (Å²) in [5.41, 5.74) is 9.12. The number of likely N-dealkylation sites (N-methyl/N-ethyl adjacent to an activating group) is 1. The lowest BCUT2D eigenvalue weighted by atomic mass is 9.63. The van der Waals surface area contributed by atoms with Crippen molar-refractivity contribution >= 4 is 22.2 Å². The highest BCUT2D eigenvalue weighted by Crippen LogP contribution is 2.55. The Hall–Kier alpha value is -4.36. The molecule has 1 spiro atoms. The summed E-state index contributed by atoms with van der Waals surface area (Å²) in [6.45, 7) is 3.67. The number of aromatic nitrogens is 5. The predicted molar refractivity (Wildman–Crippen MR) is 181 cm³/mol. The molecule has 1 amide bonds. The van der Waals surface area contributed by atoms with E-state index in [0.717, 1.165) is 73.3 Å². The number of thiophene rings is 1. The van der Waals surface area contributed by atoms with Gasteiger partial charge in [-0.3, -0.25) is 9.69 Å². The Balaban J connectivity index is 1.29. The number of carbonyl (C=O) groups is 1. The molecule has 3 aliphatic rings. The van der Waals surface area contributed by atoms with Crippen molar-refractivity contribution in [2.45, 2.75) is 75.5 Å². The normalized spacial score (nSPS) is 22.4. The Labute approximate surface area is 288 Å². The second kappa shape index (κ2) is 13.5. The van der Waals surface area contributed by atoms with Gasteiger partial charge in [-0.15, -0.1) is 11.3 Å². The quantitative estimate of drug-likeness (QED) is 0.232. The molecular weight excluding hydrogens is 646 g/mol. The van der Waals surface area contributed by atoms with Gasteiger partial charge in [0.1, 0.15) is 17.2 Å². The minimum atomic E-state index is -0.480. The molecule has 5 heterocycles. The maximum Gasteiger partial charge on any atom is 0.271 e. The number of fused-ring (bicyclic) bond motifs is 4. The van der Waals surface area contributed by atoms with E-state index in [-0.39, 0.29) is 29.9 Å². The Morgan fingerprint density at radius 2 is 2.10 bits per heavy atom. The number of anilines is 1. The molecule has 0 saturated carbocycles. The van der Waals surface area contributed by atoms with Crippen LogP contribution in [0, 0.1) is 11.3 Å². The van der Waals surface area contributed by atoms with Gasteiger partial charge in [-0.1, -0.05) is 5.16 Å². The van der Waals surface area contributed by atoms with Gasteiger partial charge in [0.2, 0.25) is 5.88 Å². The van der Waals surface area contributed by atoms with E-state index >= 15 is 0 Å². The van der Waals surface area contributed by atoms with Gasteiger partial charge in [0, 0.05) is 50.0 Å². The molecule has 1 fully saturated rings. The average molecular weight is 688 g/mol. The van der Waals surface area contributed by atoms with Crippen LogP contribution < -0.4 is 15.8 Å². The molecule has 4 aromatic heterocycles. The van der Waals surface area contributed by atoms with Crippen molar-refractivity contribution in [3.05, 3.63) is 51.4 Å². The van der Waals surface area contributed by atoms with Crippen LogP contribution in [0.4, 0.5) is 5.00 Å². The molecule has 258 valence electrons. The van der Waals surface area contributed by atoms with E-state index in [9.17, 15) is 10.1 Å².